The molecule has 5 aromatic rings. The van der Waals surface area contributed by atoms with Crippen molar-refractivity contribution in [3.63, 3.8) is 0 Å². The molecule has 5 rings (SSSR count). The van der Waals surface area contributed by atoms with Gasteiger partial charge in [-0.1, -0.05) is 23.7 Å². The summed E-state index contributed by atoms with van der Waals surface area (Å²) < 4.78 is 13.3. The van der Waals surface area contributed by atoms with Gasteiger partial charge in [0, 0.05) is 34.3 Å². The van der Waals surface area contributed by atoms with E-state index in [-0.39, 0.29) is 10.8 Å². The second kappa shape index (κ2) is 9.32. The molecule has 3 N–H and O–H groups in total. The number of rotatable bonds is 5. The number of benzene rings is 3. The van der Waals surface area contributed by atoms with E-state index >= 15 is 0 Å². The molecule has 8 nitrogen and oxygen atoms in total. The molecular weight excluding hydrogens is 471 g/mol. The van der Waals surface area contributed by atoms with Crippen molar-refractivity contribution in [3.05, 3.63) is 101 Å². The fourth-order valence-corrected chi connectivity index (χ4v) is 3.64. The number of carbonyl (C=O) groups is 2. The summed E-state index contributed by atoms with van der Waals surface area (Å²) in [7, 11) is 0. The number of anilines is 2. The number of H-pyrrole nitrogens is 1. The van der Waals surface area contributed by atoms with E-state index in [4.69, 9.17) is 11.6 Å². The van der Waals surface area contributed by atoms with Crippen molar-refractivity contribution in [1.29, 1.82) is 0 Å². The minimum absolute atomic E-state index is 0.104. The molecule has 0 aliphatic rings. The van der Waals surface area contributed by atoms with Crippen LogP contribution in [0.4, 0.5) is 20.6 Å². The van der Waals surface area contributed by atoms with Gasteiger partial charge in [-0.2, -0.15) is 5.10 Å². The summed E-state index contributed by atoms with van der Waals surface area (Å²) in [5, 5.41) is 11.8. The van der Waals surface area contributed by atoms with Crippen molar-refractivity contribution in [2.24, 2.45) is 0 Å². The molecule has 10 heteroatoms. The molecule has 0 atom stereocenters. The van der Waals surface area contributed by atoms with Gasteiger partial charge in [-0.15, -0.1) is 0 Å². The predicted molar refractivity (Wildman–Crippen MR) is 131 cm³/mol. The van der Waals surface area contributed by atoms with Crippen LogP contribution in [0.25, 0.3) is 22.3 Å². The monoisotopic (exact) mass is 486 g/mol. The van der Waals surface area contributed by atoms with Crippen LogP contribution in [-0.4, -0.2) is 32.0 Å². The van der Waals surface area contributed by atoms with Gasteiger partial charge in [-0.05, 0) is 48.5 Å². The first-order valence-corrected chi connectivity index (χ1v) is 10.8. The maximum absolute atomic E-state index is 13.3. The molecule has 0 aliphatic carbocycles. The number of urea groups is 1. The number of aromatic nitrogens is 4. The van der Waals surface area contributed by atoms with Gasteiger partial charge < -0.3 is 10.6 Å². The molecule has 0 bridgehead atoms. The second-order valence-corrected chi connectivity index (χ2v) is 7.97. The van der Waals surface area contributed by atoms with Gasteiger partial charge in [0.25, 0.3) is 0 Å². The van der Waals surface area contributed by atoms with E-state index < -0.39 is 11.8 Å². The molecule has 2 aromatic heterocycles. The lowest BCUT2D eigenvalue weighted by atomic mass is 10.0. The third-order valence-electron chi connectivity index (χ3n) is 5.16. The first-order valence-electron chi connectivity index (χ1n) is 10.4. The van der Waals surface area contributed by atoms with Gasteiger partial charge in [0.05, 0.1) is 34.1 Å². The number of carbonyl (C=O) groups excluding carboxylic acids is 2. The molecule has 0 saturated heterocycles. The van der Waals surface area contributed by atoms with Crippen LogP contribution in [0.5, 0.6) is 0 Å². The summed E-state index contributed by atoms with van der Waals surface area (Å²) in [4.78, 5) is 34.5. The highest BCUT2D eigenvalue weighted by molar-refractivity contribution is 6.31. The summed E-state index contributed by atoms with van der Waals surface area (Å²) in [6, 6.07) is 14.9. The third kappa shape index (κ3) is 4.85. The average molecular weight is 487 g/mol. The normalized spacial score (nSPS) is 10.8. The molecular formula is C25H16ClFN6O2. The fourth-order valence-electron chi connectivity index (χ4n) is 3.45. The third-order valence-corrected chi connectivity index (χ3v) is 5.45. The molecule has 35 heavy (non-hydrogen) atoms. The Morgan fingerprint density at radius 3 is 2.46 bits per heavy atom. The maximum Gasteiger partial charge on any atom is 0.323 e. The molecule has 0 radical (unpaired) electrons. The Kier molecular flexibility index (Phi) is 5.90. The van der Waals surface area contributed by atoms with Gasteiger partial charge in [0.15, 0.2) is 5.78 Å². The number of nitrogens with one attached hydrogen (secondary N) is 3. The maximum atomic E-state index is 13.3. The molecule has 0 fully saturated rings. The van der Waals surface area contributed by atoms with E-state index in [1.54, 1.807) is 61.1 Å². The standard InChI is InChI=1S/C25H16ClFN6O2/c26-19-10-18(5-6-20(19)27)32-25(35)31-17-3-1-2-14(8-17)24(34)15-4-7-21-22(9-15)33-23(13-28-21)16-11-29-30-12-16/h1-13H,(H,29,30)(H2,31,32,35). The highest BCUT2D eigenvalue weighted by Crippen LogP contribution is 2.22. The van der Waals surface area contributed by atoms with Crippen molar-refractivity contribution in [1.82, 2.24) is 20.2 Å². The Bertz CT molecular complexity index is 1570. The van der Waals surface area contributed by atoms with Gasteiger partial charge in [-0.25, -0.2) is 14.2 Å². The summed E-state index contributed by atoms with van der Waals surface area (Å²) in [6.45, 7) is 0. The molecule has 2 heterocycles. The van der Waals surface area contributed by atoms with Gasteiger partial charge in [0.2, 0.25) is 0 Å². The zero-order valence-electron chi connectivity index (χ0n) is 17.9. The van der Waals surface area contributed by atoms with Gasteiger partial charge >= 0.3 is 6.03 Å². The molecule has 0 unspecified atom stereocenters. The van der Waals surface area contributed by atoms with E-state index in [9.17, 15) is 14.0 Å². The van der Waals surface area contributed by atoms with Crippen LogP contribution in [0.1, 0.15) is 15.9 Å². The van der Waals surface area contributed by atoms with E-state index in [2.05, 4.69) is 30.8 Å². The Morgan fingerprint density at radius 1 is 0.886 bits per heavy atom. The first-order chi connectivity index (χ1) is 17.0. The number of amides is 2. The van der Waals surface area contributed by atoms with E-state index in [1.807, 2.05) is 0 Å². The molecule has 0 spiro atoms. The topological polar surface area (TPSA) is 113 Å². The van der Waals surface area contributed by atoms with Crippen molar-refractivity contribution in [3.8, 4) is 11.3 Å². The van der Waals surface area contributed by atoms with Gasteiger partial charge in [-0.3, -0.25) is 14.9 Å². The average Bonchev–Trinajstić information content (AvgIpc) is 3.40. The summed E-state index contributed by atoms with van der Waals surface area (Å²) >= 11 is 5.75. The lowest BCUT2D eigenvalue weighted by Gasteiger charge is -2.10. The van der Waals surface area contributed by atoms with Crippen LogP contribution >= 0.6 is 11.6 Å². The minimum Gasteiger partial charge on any atom is -0.308 e. The largest absolute Gasteiger partial charge is 0.323 e. The summed E-state index contributed by atoms with van der Waals surface area (Å²) in [5.74, 6) is -0.821. The number of ketones is 1. The number of aromatic amines is 1. The SMILES string of the molecule is O=C(Nc1cccc(C(=O)c2ccc3ncc(-c4cn[nH]c4)nc3c2)c1)Nc1ccc(F)c(Cl)c1. The van der Waals surface area contributed by atoms with Crippen LogP contribution < -0.4 is 10.6 Å². The number of nitrogens with zero attached hydrogens (tertiary/aromatic N) is 3. The molecule has 2 amide bonds. The Labute approximate surface area is 203 Å². The summed E-state index contributed by atoms with van der Waals surface area (Å²) in [6.07, 6.45) is 5.00. The lowest BCUT2D eigenvalue weighted by molar-refractivity contribution is 0.103. The Balaban J connectivity index is 1.35. The lowest BCUT2D eigenvalue weighted by Crippen LogP contribution is -2.19. The smallest absolute Gasteiger partial charge is 0.308 e. The quantitative estimate of drug-likeness (QED) is 0.276. The van der Waals surface area contributed by atoms with Crippen molar-refractivity contribution in [2.45, 2.75) is 0 Å². The second-order valence-electron chi connectivity index (χ2n) is 7.56. The minimum atomic E-state index is -0.582. The first kappa shape index (κ1) is 22.2. The van der Waals surface area contributed by atoms with Crippen LogP contribution in [0.2, 0.25) is 5.02 Å². The number of fused-ring (bicyclic) bond motifs is 1. The summed E-state index contributed by atoms with van der Waals surface area (Å²) in [5.41, 5.74) is 4.19. The number of hydrogen-bond donors (Lipinski definition) is 3. The van der Waals surface area contributed by atoms with E-state index in [0.717, 1.165) is 11.6 Å². The Morgan fingerprint density at radius 2 is 1.69 bits per heavy atom. The van der Waals surface area contributed by atoms with Gasteiger partial charge in [0.1, 0.15) is 5.82 Å². The van der Waals surface area contributed by atoms with Crippen molar-refractivity contribution in [2.75, 3.05) is 10.6 Å². The van der Waals surface area contributed by atoms with E-state index in [1.165, 1.54) is 12.1 Å². The van der Waals surface area contributed by atoms with Crippen LogP contribution in [-0.2, 0) is 0 Å². The van der Waals surface area contributed by atoms with Crippen LogP contribution in [0.15, 0.2) is 79.3 Å². The number of halogens is 2. The highest BCUT2D eigenvalue weighted by Gasteiger charge is 2.13. The van der Waals surface area contributed by atoms with Crippen molar-refractivity contribution < 1.29 is 14.0 Å². The zero-order valence-corrected chi connectivity index (χ0v) is 18.7. The van der Waals surface area contributed by atoms with E-state index in [0.29, 0.717) is 39.2 Å². The Hall–Kier alpha value is -4.63. The van der Waals surface area contributed by atoms with Crippen LogP contribution in [0.3, 0.4) is 0 Å². The number of hydrogen-bond acceptors (Lipinski definition) is 5. The van der Waals surface area contributed by atoms with Crippen LogP contribution in [0, 0.1) is 5.82 Å². The van der Waals surface area contributed by atoms with Crippen molar-refractivity contribution >= 4 is 45.8 Å². The fraction of sp³-hybridized carbons (Fsp3) is 0. The molecule has 0 aliphatic heterocycles. The zero-order chi connectivity index (χ0) is 24.4. The predicted octanol–water partition coefficient (Wildman–Crippen LogP) is 5.69. The highest BCUT2D eigenvalue weighted by atomic mass is 35.5. The molecule has 0 saturated carbocycles. The molecule has 172 valence electrons. The molecule has 3 aromatic carbocycles.